The van der Waals surface area contributed by atoms with Gasteiger partial charge in [-0.05, 0) is 61.7 Å². The molecule has 3 aromatic rings. The van der Waals surface area contributed by atoms with Gasteiger partial charge in [0.15, 0.2) is 0 Å². The summed E-state index contributed by atoms with van der Waals surface area (Å²) < 4.78 is 0. The molecule has 158 valence electrons. The van der Waals surface area contributed by atoms with Gasteiger partial charge >= 0.3 is 0 Å². The summed E-state index contributed by atoms with van der Waals surface area (Å²) in [5.74, 6) is 0.0138. The Balaban J connectivity index is 1.40. The molecule has 0 unspecified atom stereocenters. The molecule has 3 heterocycles. The Morgan fingerprint density at radius 3 is 2.87 bits per heavy atom. The predicted octanol–water partition coefficient (Wildman–Crippen LogP) is 2.84. The third-order valence-electron chi connectivity index (χ3n) is 5.99. The van der Waals surface area contributed by atoms with E-state index in [0.29, 0.717) is 38.0 Å². The van der Waals surface area contributed by atoms with Crippen molar-refractivity contribution in [1.29, 1.82) is 0 Å². The maximum Gasteiger partial charge on any atom is 0.253 e. The number of carbonyl (C=O) groups excluding carboxylic acids is 1. The van der Waals surface area contributed by atoms with Crippen molar-refractivity contribution in [3.63, 3.8) is 0 Å². The fourth-order valence-corrected chi connectivity index (χ4v) is 4.23. The molecule has 7 heteroatoms. The van der Waals surface area contributed by atoms with Gasteiger partial charge in [-0.1, -0.05) is 6.92 Å². The van der Waals surface area contributed by atoms with E-state index in [2.05, 4.69) is 26.8 Å². The number of aromatic amines is 1. The summed E-state index contributed by atoms with van der Waals surface area (Å²) >= 11 is 0. The van der Waals surface area contributed by atoms with E-state index in [9.17, 15) is 9.90 Å². The number of hydrogen-bond acceptors (Lipinski definition) is 5. The summed E-state index contributed by atoms with van der Waals surface area (Å²) in [5.41, 5.74) is 2.78. The minimum absolute atomic E-state index is 0.0138. The highest BCUT2D eigenvalue weighted by molar-refractivity contribution is 5.97. The number of hydrogen-bond donors (Lipinski definition) is 2. The third kappa shape index (κ3) is 4.68. The Bertz CT molecular complexity index is 989. The lowest BCUT2D eigenvalue weighted by Gasteiger charge is -2.33. The normalized spacial score (nSPS) is 19.9. The molecule has 2 N–H and O–H groups in total. The summed E-state index contributed by atoms with van der Waals surface area (Å²) in [6.07, 6.45) is 7.31. The first-order valence-electron chi connectivity index (χ1n) is 10.6. The Morgan fingerprint density at radius 2 is 2.07 bits per heavy atom. The van der Waals surface area contributed by atoms with Crippen molar-refractivity contribution in [2.45, 2.75) is 38.3 Å². The molecular weight excluding hydrogens is 378 g/mol. The van der Waals surface area contributed by atoms with Crippen molar-refractivity contribution in [2.24, 2.45) is 0 Å². The molecule has 0 spiro atoms. The lowest BCUT2D eigenvalue weighted by Crippen LogP contribution is -2.43. The minimum atomic E-state index is -0.786. The molecule has 0 radical (unpaired) electrons. The monoisotopic (exact) mass is 407 g/mol. The number of aliphatic hydroxyl groups is 1. The first-order chi connectivity index (χ1) is 14.6. The second kappa shape index (κ2) is 8.93. The highest BCUT2D eigenvalue weighted by Gasteiger charge is 2.33. The SMILES string of the molecule is CCN(Cc1ccncc1)C[C@]1(O)CCCN(C(=O)c2ccc3nc[nH]c3c2)CC1. The molecule has 0 bridgehead atoms. The van der Waals surface area contributed by atoms with Gasteiger partial charge in [-0.3, -0.25) is 14.7 Å². The number of H-pyrrole nitrogens is 1. The summed E-state index contributed by atoms with van der Waals surface area (Å²) in [6, 6.07) is 9.57. The Morgan fingerprint density at radius 1 is 1.23 bits per heavy atom. The molecule has 0 aliphatic carbocycles. The number of aromatic nitrogens is 3. The van der Waals surface area contributed by atoms with Crippen LogP contribution in [0.2, 0.25) is 0 Å². The van der Waals surface area contributed by atoms with Crippen molar-refractivity contribution in [1.82, 2.24) is 24.8 Å². The van der Waals surface area contributed by atoms with Gasteiger partial charge in [-0.15, -0.1) is 0 Å². The Labute approximate surface area is 176 Å². The van der Waals surface area contributed by atoms with Gasteiger partial charge in [0, 0.05) is 44.1 Å². The zero-order chi connectivity index (χ0) is 21.0. The number of pyridine rings is 1. The lowest BCUT2D eigenvalue weighted by molar-refractivity contribution is -0.00927. The van der Waals surface area contributed by atoms with E-state index in [1.807, 2.05) is 35.2 Å². The van der Waals surface area contributed by atoms with Gasteiger partial charge in [0.2, 0.25) is 0 Å². The second-order valence-electron chi connectivity index (χ2n) is 8.16. The molecule has 1 aliphatic rings. The van der Waals surface area contributed by atoms with Gasteiger partial charge in [0.1, 0.15) is 0 Å². The molecule has 1 atom stereocenters. The highest BCUT2D eigenvalue weighted by atomic mass is 16.3. The van der Waals surface area contributed by atoms with E-state index in [0.717, 1.165) is 30.5 Å². The Kier molecular flexibility index (Phi) is 6.11. The number of carbonyl (C=O) groups is 1. The number of fused-ring (bicyclic) bond motifs is 1. The number of likely N-dealkylation sites (tertiary alicyclic amines) is 1. The van der Waals surface area contributed by atoms with Gasteiger partial charge in [0.05, 0.1) is 23.0 Å². The smallest absolute Gasteiger partial charge is 0.253 e. The number of nitrogens with zero attached hydrogens (tertiary/aromatic N) is 4. The zero-order valence-electron chi connectivity index (χ0n) is 17.4. The van der Waals surface area contributed by atoms with Gasteiger partial charge in [0.25, 0.3) is 5.91 Å². The van der Waals surface area contributed by atoms with Crippen LogP contribution in [0.25, 0.3) is 11.0 Å². The van der Waals surface area contributed by atoms with Crippen LogP contribution < -0.4 is 0 Å². The number of imidazole rings is 1. The van der Waals surface area contributed by atoms with E-state index in [4.69, 9.17) is 0 Å². The molecule has 1 saturated heterocycles. The summed E-state index contributed by atoms with van der Waals surface area (Å²) in [6.45, 7) is 5.59. The molecular formula is C23H29N5O2. The van der Waals surface area contributed by atoms with Gasteiger partial charge < -0.3 is 15.0 Å². The predicted molar refractivity (Wildman–Crippen MR) is 116 cm³/mol. The zero-order valence-corrected chi connectivity index (χ0v) is 17.4. The van der Waals surface area contributed by atoms with Crippen LogP contribution in [0.1, 0.15) is 42.1 Å². The summed E-state index contributed by atoms with van der Waals surface area (Å²) in [4.78, 5) is 28.5. The summed E-state index contributed by atoms with van der Waals surface area (Å²) in [7, 11) is 0. The first-order valence-corrected chi connectivity index (χ1v) is 10.6. The second-order valence-corrected chi connectivity index (χ2v) is 8.16. The van der Waals surface area contributed by atoms with Crippen LogP contribution in [0, 0.1) is 0 Å². The topological polar surface area (TPSA) is 85.3 Å². The average molecular weight is 408 g/mol. The third-order valence-corrected chi connectivity index (χ3v) is 5.99. The van der Waals surface area contributed by atoms with Crippen molar-refractivity contribution < 1.29 is 9.90 Å². The van der Waals surface area contributed by atoms with Crippen LogP contribution in [0.3, 0.4) is 0 Å². The number of nitrogens with one attached hydrogen (secondary N) is 1. The Hall–Kier alpha value is -2.77. The van der Waals surface area contributed by atoms with Gasteiger partial charge in [-0.2, -0.15) is 0 Å². The maximum absolute atomic E-state index is 13.0. The van der Waals surface area contributed by atoms with Crippen LogP contribution in [-0.2, 0) is 6.54 Å². The van der Waals surface area contributed by atoms with Crippen LogP contribution in [0.4, 0.5) is 0 Å². The minimum Gasteiger partial charge on any atom is -0.388 e. The number of amides is 1. The number of benzene rings is 1. The fourth-order valence-electron chi connectivity index (χ4n) is 4.23. The molecule has 1 amide bonds. The fraction of sp³-hybridized carbons (Fsp3) is 0.435. The highest BCUT2D eigenvalue weighted by Crippen LogP contribution is 2.25. The molecule has 2 aromatic heterocycles. The quantitative estimate of drug-likeness (QED) is 0.656. The molecule has 4 rings (SSSR count). The molecule has 1 aromatic carbocycles. The van der Waals surface area contributed by atoms with Crippen molar-refractivity contribution in [3.05, 3.63) is 60.2 Å². The van der Waals surface area contributed by atoms with Crippen molar-refractivity contribution >= 4 is 16.9 Å². The van der Waals surface area contributed by atoms with Gasteiger partial charge in [-0.25, -0.2) is 4.98 Å². The van der Waals surface area contributed by atoms with E-state index < -0.39 is 5.60 Å². The van der Waals surface area contributed by atoms with Crippen molar-refractivity contribution in [3.8, 4) is 0 Å². The molecule has 1 aliphatic heterocycles. The van der Waals surface area contributed by atoms with E-state index in [1.165, 1.54) is 5.56 Å². The van der Waals surface area contributed by atoms with Crippen LogP contribution in [0.5, 0.6) is 0 Å². The van der Waals surface area contributed by atoms with E-state index in [-0.39, 0.29) is 5.91 Å². The molecule has 30 heavy (non-hydrogen) atoms. The van der Waals surface area contributed by atoms with Crippen molar-refractivity contribution in [2.75, 3.05) is 26.2 Å². The standard InChI is InChI=1S/C23H29N5O2/c1-2-27(15-18-6-10-24-11-7-18)16-23(30)8-3-12-28(13-9-23)22(29)19-4-5-20-21(14-19)26-17-25-20/h4-7,10-11,14,17,30H,2-3,8-9,12-13,15-16H2,1H3,(H,25,26)/t23-/m0/s1. The van der Waals surface area contributed by atoms with Crippen LogP contribution in [0.15, 0.2) is 49.1 Å². The van der Waals surface area contributed by atoms with Crippen LogP contribution >= 0.6 is 0 Å². The first kappa shape index (κ1) is 20.5. The largest absolute Gasteiger partial charge is 0.388 e. The maximum atomic E-state index is 13.0. The molecule has 1 fully saturated rings. The average Bonchev–Trinajstić information content (AvgIpc) is 3.15. The number of likely N-dealkylation sites (N-methyl/N-ethyl adjacent to an activating group) is 1. The number of rotatable bonds is 6. The lowest BCUT2D eigenvalue weighted by atomic mass is 9.94. The van der Waals surface area contributed by atoms with Crippen LogP contribution in [-0.4, -0.2) is 67.5 Å². The van der Waals surface area contributed by atoms with E-state index >= 15 is 0 Å². The van der Waals surface area contributed by atoms with E-state index in [1.54, 1.807) is 18.7 Å². The molecule has 0 saturated carbocycles. The summed E-state index contributed by atoms with van der Waals surface area (Å²) in [5, 5.41) is 11.3. The molecule has 7 nitrogen and oxygen atoms in total.